The second kappa shape index (κ2) is 3.51. The Kier molecular flexibility index (Phi) is 2.52. The first-order chi connectivity index (χ1) is 7.28. The lowest BCUT2D eigenvalue weighted by atomic mass is 9.95. The van der Waals surface area contributed by atoms with Crippen molar-refractivity contribution >= 4 is 0 Å². The zero-order valence-electron chi connectivity index (χ0n) is 9.49. The molecule has 0 spiro atoms. The Hall–Kier alpha value is -0.990. The molecule has 3 heteroatoms. The summed E-state index contributed by atoms with van der Waals surface area (Å²) in [6, 6.07) is 4.36. The van der Waals surface area contributed by atoms with E-state index in [4.69, 9.17) is 0 Å². The number of hydrogen-bond acceptors (Lipinski definition) is 0. The van der Waals surface area contributed by atoms with Crippen LogP contribution in [-0.2, 0) is 12.6 Å². The molecule has 88 valence electrons. The Balaban J connectivity index is 2.29. The number of hydrogen-bond donors (Lipinski definition) is 0. The monoisotopic (exact) mass is 228 g/mol. The van der Waals surface area contributed by atoms with Crippen LogP contribution >= 0.6 is 0 Å². The number of rotatable bonds is 2. The Morgan fingerprint density at radius 3 is 2.31 bits per heavy atom. The van der Waals surface area contributed by atoms with Crippen molar-refractivity contribution in [1.82, 2.24) is 0 Å². The minimum atomic E-state index is -4.23. The first-order valence-electron chi connectivity index (χ1n) is 5.46. The molecule has 0 aromatic heterocycles. The van der Waals surface area contributed by atoms with Crippen molar-refractivity contribution < 1.29 is 13.2 Å². The van der Waals surface area contributed by atoms with Gasteiger partial charge in [0.1, 0.15) is 0 Å². The molecule has 0 saturated heterocycles. The Bertz CT molecular complexity index is 400. The van der Waals surface area contributed by atoms with E-state index >= 15 is 0 Å². The van der Waals surface area contributed by atoms with E-state index < -0.39 is 11.7 Å². The molecular weight excluding hydrogens is 213 g/mol. The van der Waals surface area contributed by atoms with Crippen LogP contribution in [0.15, 0.2) is 18.2 Å². The lowest BCUT2D eigenvalue weighted by Gasteiger charge is -2.13. The normalized spacial score (nSPS) is 18.6. The van der Waals surface area contributed by atoms with Crippen LogP contribution in [0.5, 0.6) is 0 Å². The summed E-state index contributed by atoms with van der Waals surface area (Å²) in [5, 5.41) is 0. The van der Waals surface area contributed by atoms with Gasteiger partial charge in [0.15, 0.2) is 0 Å². The van der Waals surface area contributed by atoms with Crippen molar-refractivity contribution in [3.8, 4) is 0 Å². The molecule has 0 nitrogen and oxygen atoms in total. The predicted molar refractivity (Wildman–Crippen MR) is 57.2 cm³/mol. The van der Waals surface area contributed by atoms with E-state index in [1.54, 1.807) is 6.92 Å². The van der Waals surface area contributed by atoms with E-state index in [0.29, 0.717) is 5.56 Å². The summed E-state index contributed by atoms with van der Waals surface area (Å²) in [5.41, 5.74) is 1.23. The Morgan fingerprint density at radius 2 is 1.81 bits per heavy atom. The van der Waals surface area contributed by atoms with Gasteiger partial charge < -0.3 is 0 Å². The van der Waals surface area contributed by atoms with Crippen molar-refractivity contribution in [3.63, 3.8) is 0 Å². The highest BCUT2D eigenvalue weighted by Gasteiger charge is 2.38. The van der Waals surface area contributed by atoms with E-state index in [1.165, 1.54) is 12.1 Å². The summed E-state index contributed by atoms with van der Waals surface area (Å²) >= 11 is 0. The highest BCUT2D eigenvalue weighted by molar-refractivity contribution is 5.32. The molecule has 0 N–H and O–H groups in total. The van der Waals surface area contributed by atoms with Gasteiger partial charge in [0.25, 0.3) is 0 Å². The van der Waals surface area contributed by atoms with Gasteiger partial charge in [-0.15, -0.1) is 0 Å². The van der Waals surface area contributed by atoms with Crippen LogP contribution in [0, 0.1) is 12.3 Å². The fourth-order valence-corrected chi connectivity index (χ4v) is 2.01. The van der Waals surface area contributed by atoms with E-state index in [9.17, 15) is 13.2 Å². The lowest BCUT2D eigenvalue weighted by molar-refractivity contribution is -0.137. The quantitative estimate of drug-likeness (QED) is 0.705. The highest BCUT2D eigenvalue weighted by atomic mass is 19.4. The summed E-state index contributed by atoms with van der Waals surface area (Å²) in [4.78, 5) is 0. The van der Waals surface area contributed by atoms with Crippen LogP contribution in [0.1, 0.15) is 36.5 Å². The van der Waals surface area contributed by atoms with Crippen LogP contribution in [0.3, 0.4) is 0 Å². The average Bonchev–Trinajstić information content (AvgIpc) is 2.80. The summed E-state index contributed by atoms with van der Waals surface area (Å²) in [6.45, 7) is 3.84. The smallest absolute Gasteiger partial charge is 0.166 e. The predicted octanol–water partition coefficient (Wildman–Crippen LogP) is 4.36. The second-order valence-corrected chi connectivity index (χ2v) is 5.19. The van der Waals surface area contributed by atoms with Crippen molar-refractivity contribution in [2.75, 3.05) is 0 Å². The Morgan fingerprint density at radius 1 is 1.19 bits per heavy atom. The van der Waals surface area contributed by atoms with Crippen LogP contribution in [0.2, 0.25) is 0 Å². The summed E-state index contributed by atoms with van der Waals surface area (Å²) in [6.07, 6.45) is -1.21. The van der Waals surface area contributed by atoms with Gasteiger partial charge in [-0.05, 0) is 49.3 Å². The molecule has 1 aliphatic carbocycles. The molecule has 1 aliphatic rings. The molecule has 0 heterocycles. The molecule has 0 amide bonds. The van der Waals surface area contributed by atoms with Gasteiger partial charge in [-0.1, -0.05) is 18.6 Å². The maximum atomic E-state index is 12.6. The van der Waals surface area contributed by atoms with Crippen molar-refractivity contribution in [2.24, 2.45) is 5.41 Å². The Labute approximate surface area is 93.5 Å². The SMILES string of the molecule is Cc1cc(CC2(C)CC2)cc(C(F)(F)F)c1. The van der Waals surface area contributed by atoms with Gasteiger partial charge in [0.05, 0.1) is 5.56 Å². The third-order valence-corrected chi connectivity index (χ3v) is 3.20. The van der Waals surface area contributed by atoms with Crippen LogP contribution in [0.4, 0.5) is 13.2 Å². The summed E-state index contributed by atoms with van der Waals surface area (Å²) < 4.78 is 37.8. The second-order valence-electron chi connectivity index (χ2n) is 5.19. The third-order valence-electron chi connectivity index (χ3n) is 3.20. The number of aryl methyl sites for hydroxylation is 1. The zero-order chi connectivity index (χ0) is 12.0. The number of alkyl halides is 3. The van der Waals surface area contributed by atoms with Gasteiger partial charge in [0.2, 0.25) is 0 Å². The van der Waals surface area contributed by atoms with Crippen molar-refractivity contribution in [2.45, 2.75) is 39.3 Å². The van der Waals surface area contributed by atoms with Gasteiger partial charge in [-0.3, -0.25) is 0 Å². The van der Waals surface area contributed by atoms with Gasteiger partial charge in [-0.25, -0.2) is 0 Å². The largest absolute Gasteiger partial charge is 0.416 e. The molecule has 1 aromatic rings. The van der Waals surface area contributed by atoms with Crippen molar-refractivity contribution in [1.29, 1.82) is 0 Å². The van der Waals surface area contributed by atoms with Gasteiger partial charge in [-0.2, -0.15) is 13.2 Å². The molecule has 1 aromatic carbocycles. The van der Waals surface area contributed by atoms with Crippen LogP contribution < -0.4 is 0 Å². The molecule has 0 atom stereocenters. The molecule has 1 fully saturated rings. The van der Waals surface area contributed by atoms with Gasteiger partial charge >= 0.3 is 6.18 Å². The topological polar surface area (TPSA) is 0 Å². The summed E-state index contributed by atoms with van der Waals surface area (Å²) in [7, 11) is 0. The standard InChI is InChI=1S/C13H15F3/c1-9-5-10(8-12(2)3-4-12)7-11(6-9)13(14,15)16/h5-7H,3-4,8H2,1-2H3. The van der Waals surface area contributed by atoms with E-state index in [-0.39, 0.29) is 5.41 Å². The molecule has 0 unspecified atom stereocenters. The molecule has 16 heavy (non-hydrogen) atoms. The molecule has 2 rings (SSSR count). The minimum absolute atomic E-state index is 0.247. The lowest BCUT2D eigenvalue weighted by Crippen LogP contribution is -2.07. The molecule has 0 radical (unpaired) electrons. The average molecular weight is 228 g/mol. The highest BCUT2D eigenvalue weighted by Crippen LogP contribution is 2.48. The molecule has 1 saturated carbocycles. The third kappa shape index (κ3) is 2.57. The number of halogens is 3. The fraction of sp³-hybridized carbons (Fsp3) is 0.538. The van der Waals surface area contributed by atoms with E-state index in [2.05, 4.69) is 6.92 Å². The van der Waals surface area contributed by atoms with E-state index in [1.807, 2.05) is 6.07 Å². The van der Waals surface area contributed by atoms with Crippen LogP contribution in [-0.4, -0.2) is 0 Å². The first-order valence-corrected chi connectivity index (χ1v) is 5.46. The first kappa shape index (κ1) is 11.5. The maximum absolute atomic E-state index is 12.6. The minimum Gasteiger partial charge on any atom is -0.166 e. The maximum Gasteiger partial charge on any atom is 0.416 e. The van der Waals surface area contributed by atoms with Crippen LogP contribution in [0.25, 0.3) is 0 Å². The zero-order valence-corrected chi connectivity index (χ0v) is 9.49. The van der Waals surface area contributed by atoms with Crippen molar-refractivity contribution in [3.05, 3.63) is 34.9 Å². The molecule has 0 bridgehead atoms. The fourth-order valence-electron chi connectivity index (χ4n) is 2.01. The van der Waals surface area contributed by atoms with Gasteiger partial charge in [0, 0.05) is 0 Å². The number of benzene rings is 1. The molecule has 0 aliphatic heterocycles. The molecular formula is C13H15F3. The van der Waals surface area contributed by atoms with E-state index in [0.717, 1.165) is 24.8 Å². The summed E-state index contributed by atoms with van der Waals surface area (Å²) in [5.74, 6) is 0.